The number of carbonyl (C=O) groups is 1. The van der Waals surface area contributed by atoms with E-state index in [9.17, 15) is 9.59 Å². The summed E-state index contributed by atoms with van der Waals surface area (Å²) in [5, 5.41) is 4.23. The maximum absolute atomic E-state index is 15.7. The molecule has 0 spiro atoms. The summed E-state index contributed by atoms with van der Waals surface area (Å²) in [4.78, 5) is 40.0. The van der Waals surface area contributed by atoms with E-state index < -0.39 is 5.69 Å². The molecule has 1 fully saturated rings. The summed E-state index contributed by atoms with van der Waals surface area (Å²) in [5.41, 5.74) is 13.1. The first-order valence-corrected chi connectivity index (χ1v) is 15.1. The van der Waals surface area contributed by atoms with Gasteiger partial charge in [-0.05, 0) is 73.2 Å². The van der Waals surface area contributed by atoms with Gasteiger partial charge in [0, 0.05) is 67.2 Å². The number of carbonyl (C=O) groups excluding carboxylic acids is 1. The van der Waals surface area contributed by atoms with Gasteiger partial charge in [-0.2, -0.15) is 4.98 Å². The fourth-order valence-corrected chi connectivity index (χ4v) is 6.84. The first kappa shape index (κ1) is 29.5. The number of fused-ring (bicyclic) bond motifs is 5. The molecule has 2 aliphatic heterocycles. The average molecular weight is 596 g/mol. The maximum atomic E-state index is 15.7. The summed E-state index contributed by atoms with van der Waals surface area (Å²) >= 11 is 0. The van der Waals surface area contributed by atoms with Crippen LogP contribution in [-0.2, 0) is 17.9 Å². The minimum Gasteiger partial charge on any atom is -0.380 e. The van der Waals surface area contributed by atoms with Crippen molar-refractivity contribution in [3.63, 3.8) is 0 Å². The Morgan fingerprint density at radius 3 is 2.66 bits per heavy atom. The van der Waals surface area contributed by atoms with E-state index in [1.807, 2.05) is 46.8 Å². The lowest BCUT2D eigenvalue weighted by molar-refractivity contribution is -0.126. The number of pyridine rings is 1. The van der Waals surface area contributed by atoms with Gasteiger partial charge in [-0.25, -0.2) is 9.18 Å². The molecule has 9 nitrogen and oxygen atoms in total. The highest BCUT2D eigenvalue weighted by Gasteiger charge is 2.33. The van der Waals surface area contributed by atoms with Gasteiger partial charge < -0.3 is 20.9 Å². The molecule has 1 saturated heterocycles. The molecule has 2 aromatic heterocycles. The van der Waals surface area contributed by atoms with E-state index in [1.165, 1.54) is 12.1 Å². The van der Waals surface area contributed by atoms with E-state index in [0.29, 0.717) is 54.5 Å². The minimum atomic E-state index is -0.435. The number of amides is 1. The van der Waals surface area contributed by atoms with E-state index in [-0.39, 0.29) is 30.2 Å². The molecule has 228 valence electrons. The van der Waals surface area contributed by atoms with Crippen LogP contribution >= 0.6 is 0 Å². The second-order valence-corrected chi connectivity index (χ2v) is 12.1. The Hall–Kier alpha value is -4.57. The molecule has 0 unspecified atom stereocenters. The number of rotatable bonds is 5. The number of nitrogens with zero attached hydrogens (tertiary/aromatic N) is 5. The average Bonchev–Trinajstić information content (AvgIpc) is 3.00. The topological polar surface area (TPSA) is 109 Å². The summed E-state index contributed by atoms with van der Waals surface area (Å²) in [6, 6.07) is 6.98. The normalized spacial score (nSPS) is 16.1. The van der Waals surface area contributed by atoms with Gasteiger partial charge in [0.15, 0.2) is 0 Å². The molecule has 2 aromatic carbocycles. The van der Waals surface area contributed by atoms with Gasteiger partial charge in [0.25, 0.3) is 0 Å². The van der Waals surface area contributed by atoms with Gasteiger partial charge in [-0.1, -0.05) is 26.5 Å². The second-order valence-electron chi connectivity index (χ2n) is 12.1. The number of benzene rings is 2. The largest absolute Gasteiger partial charge is 0.380 e. The quantitative estimate of drug-likeness (QED) is 0.315. The first-order valence-electron chi connectivity index (χ1n) is 15.1. The highest BCUT2D eigenvalue weighted by molar-refractivity contribution is 6.01. The molecule has 10 heteroatoms. The molecule has 44 heavy (non-hydrogen) atoms. The van der Waals surface area contributed by atoms with E-state index in [2.05, 4.69) is 21.8 Å². The van der Waals surface area contributed by atoms with E-state index >= 15 is 4.39 Å². The Bertz CT molecular complexity index is 1900. The molecule has 6 rings (SSSR count). The van der Waals surface area contributed by atoms with Crippen LogP contribution in [0.25, 0.3) is 27.7 Å². The number of nitrogens with two attached hydrogens (primary N) is 1. The summed E-state index contributed by atoms with van der Waals surface area (Å²) in [7, 11) is 0. The Labute approximate surface area is 256 Å². The number of aromatic nitrogens is 3. The molecule has 4 aromatic rings. The fraction of sp³-hybridized carbons (Fsp3) is 0.353. The molecule has 1 amide bonds. The highest BCUT2D eigenvalue weighted by atomic mass is 19.1. The molecule has 2 aliphatic rings. The molecular weight excluding hydrogens is 557 g/mol. The van der Waals surface area contributed by atoms with Crippen LogP contribution in [0.1, 0.15) is 54.6 Å². The maximum Gasteiger partial charge on any atom is 0.354 e. The van der Waals surface area contributed by atoms with Crippen molar-refractivity contribution in [2.24, 2.45) is 5.73 Å². The third-order valence-corrected chi connectivity index (χ3v) is 8.92. The van der Waals surface area contributed by atoms with E-state index in [1.54, 1.807) is 21.7 Å². The second kappa shape index (κ2) is 11.2. The molecule has 0 saturated carbocycles. The lowest BCUT2D eigenvalue weighted by Gasteiger charge is -2.41. The number of nitrogens with one attached hydrogen (secondary N) is 1. The number of halogens is 1. The van der Waals surface area contributed by atoms with Crippen molar-refractivity contribution < 1.29 is 9.18 Å². The van der Waals surface area contributed by atoms with Crippen molar-refractivity contribution in [3.05, 3.63) is 87.4 Å². The molecule has 4 heterocycles. The number of hydrogen-bond donors (Lipinski definition) is 2. The van der Waals surface area contributed by atoms with Crippen LogP contribution in [-0.4, -0.2) is 51.0 Å². The van der Waals surface area contributed by atoms with Gasteiger partial charge >= 0.3 is 5.69 Å². The zero-order valence-corrected chi connectivity index (χ0v) is 25.9. The standard InChI is InChI=1S/C34H38FN7O2/c1-7-26(43)40-12-13-41(21(6)17-40)33-23-14-20(5)27-24(16-38-30-22(15-36)8-9-25(35)28(27)30)32(23)42(34(44)39-33)31-19(4)10-11-37-29(31)18(2)3/h7-11,14,18,21,38H,1,12-13,15-17,36H2,2-6H3/t21-/m0/s1. The molecule has 0 radical (unpaired) electrons. The molecule has 1 atom stereocenters. The third-order valence-electron chi connectivity index (χ3n) is 8.92. The lowest BCUT2D eigenvalue weighted by Crippen LogP contribution is -2.54. The number of aryl methyl sites for hydroxylation is 2. The Kier molecular flexibility index (Phi) is 7.49. The van der Waals surface area contributed by atoms with Crippen LogP contribution < -0.4 is 21.6 Å². The van der Waals surface area contributed by atoms with Crippen molar-refractivity contribution in [1.82, 2.24) is 19.4 Å². The minimum absolute atomic E-state index is 0.0340. The smallest absolute Gasteiger partial charge is 0.354 e. The number of hydrogen-bond acceptors (Lipinski definition) is 7. The zero-order chi connectivity index (χ0) is 31.4. The summed E-state index contributed by atoms with van der Waals surface area (Å²) in [5.74, 6) is 0.117. The number of anilines is 2. The van der Waals surface area contributed by atoms with Gasteiger partial charge in [-0.3, -0.25) is 14.3 Å². The molecule has 0 aliphatic carbocycles. The predicted octanol–water partition coefficient (Wildman–Crippen LogP) is 4.93. The van der Waals surface area contributed by atoms with Crippen LogP contribution in [0.2, 0.25) is 0 Å². The van der Waals surface area contributed by atoms with Gasteiger partial charge in [0.2, 0.25) is 5.91 Å². The summed E-state index contributed by atoms with van der Waals surface area (Å²) in [6.45, 7) is 15.8. The zero-order valence-electron chi connectivity index (χ0n) is 25.9. The van der Waals surface area contributed by atoms with Crippen LogP contribution in [0.15, 0.2) is 47.9 Å². The van der Waals surface area contributed by atoms with E-state index in [0.717, 1.165) is 38.9 Å². The van der Waals surface area contributed by atoms with Crippen LogP contribution in [0, 0.1) is 19.7 Å². The van der Waals surface area contributed by atoms with Gasteiger partial charge in [-0.15, -0.1) is 0 Å². The highest BCUT2D eigenvalue weighted by Crippen LogP contribution is 2.46. The predicted molar refractivity (Wildman–Crippen MR) is 173 cm³/mol. The van der Waals surface area contributed by atoms with Crippen molar-refractivity contribution >= 4 is 28.3 Å². The van der Waals surface area contributed by atoms with Gasteiger partial charge in [0.05, 0.1) is 16.9 Å². The van der Waals surface area contributed by atoms with Crippen LogP contribution in [0.5, 0.6) is 0 Å². The first-order chi connectivity index (χ1) is 21.1. The van der Waals surface area contributed by atoms with Gasteiger partial charge in [0.1, 0.15) is 11.6 Å². The third kappa shape index (κ3) is 4.55. The van der Waals surface area contributed by atoms with Crippen molar-refractivity contribution in [1.29, 1.82) is 0 Å². The van der Waals surface area contributed by atoms with Crippen molar-refractivity contribution in [2.45, 2.75) is 59.7 Å². The summed E-state index contributed by atoms with van der Waals surface area (Å²) < 4.78 is 17.4. The van der Waals surface area contributed by atoms with Crippen molar-refractivity contribution in [3.8, 4) is 16.8 Å². The molecule has 3 N–H and O–H groups in total. The van der Waals surface area contributed by atoms with Crippen LogP contribution in [0.3, 0.4) is 0 Å². The van der Waals surface area contributed by atoms with Crippen LogP contribution in [0.4, 0.5) is 15.9 Å². The Morgan fingerprint density at radius 2 is 1.98 bits per heavy atom. The number of piperazine rings is 1. The van der Waals surface area contributed by atoms with Crippen molar-refractivity contribution in [2.75, 3.05) is 29.9 Å². The fourth-order valence-electron chi connectivity index (χ4n) is 6.84. The SMILES string of the molecule is C=CC(=O)N1CCN(c2nc(=O)n(-c3c(C)ccnc3C(C)C)c3c4c(c(C)cc23)-c2c(F)ccc(CN)c2NC4)[C@@H](C)C1. The lowest BCUT2D eigenvalue weighted by atomic mass is 9.86. The van der Waals surface area contributed by atoms with E-state index in [4.69, 9.17) is 10.7 Å². The Balaban J connectivity index is 1.71. The molecular formula is C34H38FN7O2. The summed E-state index contributed by atoms with van der Waals surface area (Å²) in [6.07, 6.45) is 3.09. The Morgan fingerprint density at radius 1 is 1.20 bits per heavy atom. The monoisotopic (exact) mass is 595 g/mol. The molecule has 0 bridgehead atoms.